The Morgan fingerprint density at radius 2 is 1.98 bits per heavy atom. The second kappa shape index (κ2) is 16.5. The highest BCUT2D eigenvalue weighted by molar-refractivity contribution is 7.15. The number of amides is 1. The summed E-state index contributed by atoms with van der Waals surface area (Å²) in [6.45, 7) is 6.10. The maximum atomic E-state index is 13.4. The van der Waals surface area contributed by atoms with Crippen LogP contribution >= 0.6 is 11.3 Å². The maximum Gasteiger partial charge on any atom is 0.309 e. The average Bonchev–Trinajstić information content (AvgIpc) is 4.03. The van der Waals surface area contributed by atoms with Gasteiger partial charge >= 0.3 is 5.97 Å². The van der Waals surface area contributed by atoms with Crippen molar-refractivity contribution in [3.8, 4) is 16.5 Å². The number of nitrogens with one attached hydrogen (secondary N) is 4. The molecule has 5 heterocycles. The third kappa shape index (κ3) is 7.76. The number of thiophene rings is 1. The number of fused-ring (bicyclic) bond motifs is 1. The number of nitrogens with two attached hydrogens (primary N) is 1. The number of hydrogen-bond donors (Lipinski definition) is 7. The van der Waals surface area contributed by atoms with E-state index in [1.807, 2.05) is 50.2 Å². The Kier molecular flexibility index (Phi) is 11.2. The molecular formula is C42H47N9O6S. The van der Waals surface area contributed by atoms with E-state index in [2.05, 4.69) is 55.6 Å². The van der Waals surface area contributed by atoms with E-state index in [1.54, 1.807) is 17.4 Å². The molecule has 2 aromatic carbocycles. The van der Waals surface area contributed by atoms with Crippen molar-refractivity contribution in [1.29, 1.82) is 5.26 Å². The van der Waals surface area contributed by atoms with E-state index in [1.165, 1.54) is 16.9 Å². The van der Waals surface area contributed by atoms with Gasteiger partial charge < -0.3 is 46.7 Å². The first-order chi connectivity index (χ1) is 28.0. The lowest BCUT2D eigenvalue weighted by Gasteiger charge is -2.29. The predicted molar refractivity (Wildman–Crippen MR) is 218 cm³/mol. The Labute approximate surface area is 339 Å². The van der Waals surface area contributed by atoms with Gasteiger partial charge in [-0.05, 0) is 92.3 Å². The van der Waals surface area contributed by atoms with Crippen molar-refractivity contribution in [1.82, 2.24) is 30.5 Å². The van der Waals surface area contributed by atoms with E-state index in [0.29, 0.717) is 36.5 Å². The van der Waals surface area contributed by atoms with Crippen LogP contribution in [0.15, 0.2) is 73.1 Å². The summed E-state index contributed by atoms with van der Waals surface area (Å²) in [5, 5.41) is 49.7. The van der Waals surface area contributed by atoms with Crippen LogP contribution in [-0.4, -0.2) is 86.8 Å². The van der Waals surface area contributed by atoms with Gasteiger partial charge in [0.25, 0.3) is 5.91 Å². The van der Waals surface area contributed by atoms with Crippen LogP contribution in [0.5, 0.6) is 0 Å². The number of carbonyl (C=O) groups excluding carboxylic acids is 2. The average molecular weight is 806 g/mol. The Bertz CT molecular complexity index is 2360. The lowest BCUT2D eigenvalue weighted by atomic mass is 9.92. The van der Waals surface area contributed by atoms with Crippen LogP contribution in [0, 0.1) is 24.2 Å². The zero-order chi connectivity index (χ0) is 40.6. The number of esters is 1. The van der Waals surface area contributed by atoms with Crippen molar-refractivity contribution >= 4 is 40.2 Å². The van der Waals surface area contributed by atoms with Crippen LogP contribution in [0.3, 0.4) is 0 Å². The highest BCUT2D eigenvalue weighted by Gasteiger charge is 2.58. The molecule has 8 N–H and O–H groups in total. The minimum absolute atomic E-state index is 0.105. The van der Waals surface area contributed by atoms with Crippen LogP contribution in [0.1, 0.15) is 64.3 Å². The molecule has 3 aliphatic rings. The minimum atomic E-state index is -1.97. The molecule has 0 radical (unpaired) electrons. The van der Waals surface area contributed by atoms with Crippen LogP contribution in [0.2, 0.25) is 0 Å². The number of anilines is 2. The maximum absolute atomic E-state index is 13.4. The molecule has 5 aromatic rings. The molecule has 302 valence electrons. The largest absolute Gasteiger partial charge is 0.463 e. The summed E-state index contributed by atoms with van der Waals surface area (Å²) in [6.07, 6.45) is -1.01. The lowest BCUT2D eigenvalue weighted by Crippen LogP contribution is -2.51. The first-order valence-corrected chi connectivity index (χ1v) is 20.4. The number of nitriles is 1. The molecule has 58 heavy (non-hydrogen) atoms. The van der Waals surface area contributed by atoms with Crippen molar-refractivity contribution < 1.29 is 29.3 Å². The minimum Gasteiger partial charge on any atom is -0.463 e. The van der Waals surface area contributed by atoms with Crippen molar-refractivity contribution in [2.45, 2.75) is 81.7 Å². The van der Waals surface area contributed by atoms with E-state index >= 15 is 0 Å². The Morgan fingerprint density at radius 1 is 1.14 bits per heavy atom. The van der Waals surface area contributed by atoms with E-state index in [4.69, 9.17) is 15.2 Å². The first kappa shape index (κ1) is 39.4. The van der Waals surface area contributed by atoms with Gasteiger partial charge in [-0.2, -0.15) is 10.4 Å². The van der Waals surface area contributed by atoms with E-state index in [9.17, 15) is 25.1 Å². The fourth-order valence-corrected chi connectivity index (χ4v) is 8.94. The van der Waals surface area contributed by atoms with Gasteiger partial charge in [-0.3, -0.25) is 9.59 Å². The number of benzene rings is 2. The number of nitrogens with zero attached hydrogens (tertiary/aromatic N) is 4. The molecule has 1 saturated carbocycles. The first-order valence-electron chi connectivity index (χ1n) is 19.5. The summed E-state index contributed by atoms with van der Waals surface area (Å²) in [7, 11) is 0. The summed E-state index contributed by atoms with van der Waals surface area (Å²) in [5.41, 5.74) is 9.18. The topological polar surface area (TPSA) is 221 Å². The lowest BCUT2D eigenvalue weighted by molar-refractivity contribution is -0.155. The number of hydrogen-bond acceptors (Lipinski definition) is 14. The number of ether oxygens (including phenoxy) is 2. The predicted octanol–water partition coefficient (Wildman–Crippen LogP) is 3.56. The summed E-state index contributed by atoms with van der Waals surface area (Å²) in [5.74, 6) is -0.680. The molecule has 3 fully saturated rings. The Hall–Kier alpha value is -5.41. The van der Waals surface area contributed by atoms with Gasteiger partial charge in [0, 0.05) is 46.7 Å². The van der Waals surface area contributed by atoms with Crippen LogP contribution < -0.4 is 27.0 Å². The van der Waals surface area contributed by atoms with Gasteiger partial charge in [-0.1, -0.05) is 24.3 Å². The highest BCUT2D eigenvalue weighted by atomic mass is 32.1. The standard InChI is InChI=1S/C42H47N9O6S/c1-23-6-8-29(50-30-17-45-18-30)16-32(23)40(54)49-24(2)25-4-3-5-26(14-25)35-12-10-31(58-35)19-46-28-9-7-27(15-28)41(55)56-20-34-37(52)38(53)42(21-43,57-34)36-13-11-33-39(44)47-22-48-51(33)36/h3-6,8,10-14,16,22,24,27-28,30,34,37-38,45-46,50,52-53H,7,9,15,17-20H2,1-2H3,(H,49,54)(H2,44,47,48)/t24-,27-,28+,34-,37-,38-,42+/m1/s1. The number of carbonyl (C=O) groups is 2. The highest BCUT2D eigenvalue weighted by Crippen LogP contribution is 2.41. The normalized spacial score (nSPS) is 24.9. The summed E-state index contributed by atoms with van der Waals surface area (Å²) in [4.78, 5) is 32.7. The third-order valence-electron chi connectivity index (χ3n) is 11.5. The SMILES string of the molecule is Cc1ccc(NC2CNC2)cc1C(=O)N[C@H](C)c1cccc(-c2ccc(CN[C@H]3CC[C@@H](C(=O)OC[C@H]4O[C@@](C#N)(c5ccc6c(N)ncnn56)[C@H](O)[C@@H]4O)C3)s2)c1. The Balaban J connectivity index is 0.816. The number of rotatable bonds is 13. The number of aromatic nitrogens is 3. The molecule has 1 aliphatic carbocycles. The van der Waals surface area contributed by atoms with Gasteiger partial charge in [0.15, 0.2) is 5.82 Å². The third-order valence-corrected chi connectivity index (χ3v) is 12.7. The summed E-state index contributed by atoms with van der Waals surface area (Å²) < 4.78 is 12.9. The molecule has 2 saturated heterocycles. The van der Waals surface area contributed by atoms with Crippen LogP contribution in [0.4, 0.5) is 11.5 Å². The van der Waals surface area contributed by atoms with Gasteiger partial charge in [0.2, 0.25) is 5.60 Å². The molecule has 0 unspecified atom stereocenters. The molecule has 3 aromatic heterocycles. The van der Waals surface area contributed by atoms with Gasteiger partial charge in [0.05, 0.1) is 23.7 Å². The van der Waals surface area contributed by atoms with Crippen molar-refractivity contribution in [3.05, 3.63) is 100 Å². The number of nitrogen functional groups attached to an aromatic ring is 1. The fourth-order valence-electron chi connectivity index (χ4n) is 7.99. The molecule has 7 atom stereocenters. The van der Waals surface area contributed by atoms with Gasteiger partial charge in [-0.25, -0.2) is 9.50 Å². The van der Waals surface area contributed by atoms with E-state index in [0.717, 1.165) is 51.6 Å². The van der Waals surface area contributed by atoms with Crippen molar-refractivity contribution in [3.63, 3.8) is 0 Å². The smallest absolute Gasteiger partial charge is 0.309 e. The molecule has 16 heteroatoms. The molecule has 0 bridgehead atoms. The zero-order valence-corrected chi connectivity index (χ0v) is 33.0. The van der Waals surface area contributed by atoms with Crippen molar-refractivity contribution in [2.24, 2.45) is 5.92 Å². The van der Waals surface area contributed by atoms with Gasteiger partial charge in [0.1, 0.15) is 42.8 Å². The van der Waals surface area contributed by atoms with Gasteiger partial charge in [-0.15, -0.1) is 11.3 Å². The molecule has 8 rings (SSSR count). The number of aliphatic hydroxyl groups excluding tert-OH is 2. The molecular weight excluding hydrogens is 759 g/mol. The Morgan fingerprint density at radius 3 is 2.78 bits per heavy atom. The summed E-state index contributed by atoms with van der Waals surface area (Å²) >= 11 is 1.70. The van der Waals surface area contributed by atoms with Crippen LogP contribution in [-0.2, 0) is 26.4 Å². The van der Waals surface area contributed by atoms with E-state index in [-0.39, 0.29) is 42.0 Å². The fraction of sp³-hybridized carbons (Fsp3) is 0.405. The molecule has 1 amide bonds. The number of aryl methyl sites for hydroxylation is 1. The zero-order valence-electron chi connectivity index (χ0n) is 32.2. The second-order valence-corrected chi connectivity index (χ2v) is 16.6. The molecule has 0 spiro atoms. The summed E-state index contributed by atoms with van der Waals surface area (Å²) in [6, 6.07) is 23.8. The monoisotopic (exact) mass is 805 g/mol. The van der Waals surface area contributed by atoms with Crippen LogP contribution in [0.25, 0.3) is 16.0 Å². The number of aliphatic hydroxyl groups is 2. The quantitative estimate of drug-likeness (QED) is 0.0848. The molecule has 15 nitrogen and oxygen atoms in total. The second-order valence-electron chi connectivity index (χ2n) is 15.4. The van der Waals surface area contributed by atoms with Crippen molar-refractivity contribution in [2.75, 3.05) is 30.7 Å². The molecule has 2 aliphatic heterocycles. The van der Waals surface area contributed by atoms with E-state index < -0.39 is 29.9 Å².